The molecule has 3 saturated heterocycles. The van der Waals surface area contributed by atoms with Crippen LogP contribution in [0.4, 0.5) is 14.6 Å². The lowest BCUT2D eigenvalue weighted by Crippen LogP contribution is -2.51. The van der Waals surface area contributed by atoms with Gasteiger partial charge in [0.25, 0.3) is 0 Å². The van der Waals surface area contributed by atoms with Crippen LogP contribution in [0.25, 0.3) is 32.9 Å². The Morgan fingerprint density at radius 1 is 0.978 bits per heavy atom. The zero-order chi connectivity index (χ0) is 30.3. The number of hydrogen-bond acceptors (Lipinski definition) is 8. The van der Waals surface area contributed by atoms with Crippen molar-refractivity contribution in [1.29, 1.82) is 0 Å². The number of likely N-dealkylation sites (tertiary alicyclic amines) is 1. The number of hydrogen-bond donors (Lipinski definition) is 2. The molecule has 3 aliphatic heterocycles. The molecule has 4 bridgehead atoms. The smallest absolute Gasteiger partial charge is 0.319 e. The number of aromatic hydroxyl groups is 1. The molecule has 2 aromatic heterocycles. The van der Waals surface area contributed by atoms with E-state index < -0.39 is 11.6 Å². The van der Waals surface area contributed by atoms with Crippen LogP contribution in [0.2, 0.25) is 0 Å². The maximum Gasteiger partial charge on any atom is 0.319 e. The van der Waals surface area contributed by atoms with Gasteiger partial charge in [-0.15, -0.1) is 0 Å². The van der Waals surface area contributed by atoms with Crippen LogP contribution in [0.15, 0.2) is 36.5 Å². The fourth-order valence-electron chi connectivity index (χ4n) is 8.70. The van der Waals surface area contributed by atoms with Crippen LogP contribution in [0.3, 0.4) is 0 Å². The number of piperidine rings is 1. The van der Waals surface area contributed by atoms with Gasteiger partial charge in [0, 0.05) is 67.4 Å². The third-order valence-electron chi connectivity index (χ3n) is 11.0. The molecule has 0 radical (unpaired) electrons. The number of pyridine rings is 1. The number of phenols is 1. The summed E-state index contributed by atoms with van der Waals surface area (Å²) < 4.78 is 38.1. The van der Waals surface area contributed by atoms with Crippen molar-refractivity contribution >= 4 is 27.5 Å². The van der Waals surface area contributed by atoms with E-state index in [1.807, 2.05) is 0 Å². The number of anilines is 1. The van der Waals surface area contributed by atoms with E-state index in [9.17, 15) is 5.11 Å². The summed E-state index contributed by atoms with van der Waals surface area (Å²) in [7, 11) is 0. The predicted octanol–water partition coefficient (Wildman–Crippen LogP) is 5.66. The molecule has 2 aliphatic carbocycles. The molecule has 2 saturated carbocycles. The summed E-state index contributed by atoms with van der Waals surface area (Å²) in [5.41, 5.74) is 0.292. The van der Waals surface area contributed by atoms with Gasteiger partial charge in [-0.3, -0.25) is 4.98 Å². The summed E-state index contributed by atoms with van der Waals surface area (Å²) in [5, 5.41) is 15.3. The molecular weight excluding hydrogens is 574 g/mol. The Bertz CT molecular complexity index is 1790. The predicted molar refractivity (Wildman–Crippen MR) is 168 cm³/mol. The SMILES string of the molecule is Oc1cc(-c2ncc3c(N4C[C@H]5CC[C@@H](C4)N5)nc(OCC4(CN5CC6CCC(C6)C5)CC4)nc3c2F)c2c(F)cccc2c1. The summed E-state index contributed by atoms with van der Waals surface area (Å²) in [4.78, 5) is 18.9. The first-order valence-corrected chi connectivity index (χ1v) is 16.5. The van der Waals surface area contributed by atoms with Gasteiger partial charge in [-0.25, -0.2) is 8.78 Å². The van der Waals surface area contributed by atoms with Crippen molar-refractivity contribution in [3.05, 3.63) is 48.2 Å². The molecule has 5 aliphatic rings. The molecule has 0 amide bonds. The Kier molecular flexibility index (Phi) is 6.43. The number of halogens is 2. The third kappa shape index (κ3) is 4.97. The van der Waals surface area contributed by atoms with Gasteiger partial charge >= 0.3 is 6.01 Å². The first-order valence-electron chi connectivity index (χ1n) is 16.5. The van der Waals surface area contributed by atoms with Crippen molar-refractivity contribution in [2.45, 2.75) is 57.0 Å². The molecule has 2 unspecified atom stereocenters. The van der Waals surface area contributed by atoms with Crippen LogP contribution in [-0.4, -0.2) is 76.4 Å². The molecule has 0 spiro atoms. The van der Waals surface area contributed by atoms with Gasteiger partial charge in [-0.2, -0.15) is 9.97 Å². The molecule has 4 aromatic rings. The highest BCUT2D eigenvalue weighted by Gasteiger charge is 2.47. The van der Waals surface area contributed by atoms with Gasteiger partial charge in [0.1, 0.15) is 28.6 Å². The lowest BCUT2D eigenvalue weighted by atomic mass is 9.97. The molecule has 45 heavy (non-hydrogen) atoms. The van der Waals surface area contributed by atoms with Gasteiger partial charge in [-0.1, -0.05) is 12.1 Å². The van der Waals surface area contributed by atoms with E-state index in [1.54, 1.807) is 18.3 Å². The minimum absolute atomic E-state index is 0.0668. The van der Waals surface area contributed by atoms with E-state index in [1.165, 1.54) is 50.6 Å². The standard InChI is InChI=1S/C35H38F2N6O2/c36-28-3-1-2-22-11-25(44)12-26(29(22)28)31-30(37)32-27(13-38-31)33(43-16-23-6-7-24(17-43)39-23)41-34(40-32)45-19-35(8-9-35)18-42-14-20-4-5-21(10-20)15-42/h1-3,11-13,20-21,23-24,39,44H,4-10,14-19H2/t20?,21?,23-,24+. The topological polar surface area (TPSA) is 86.6 Å². The molecule has 5 fully saturated rings. The van der Waals surface area contributed by atoms with Crippen molar-refractivity contribution in [2.24, 2.45) is 17.3 Å². The summed E-state index contributed by atoms with van der Waals surface area (Å²) in [6.07, 6.45) is 10.1. The van der Waals surface area contributed by atoms with Crippen LogP contribution in [0.1, 0.15) is 44.9 Å². The van der Waals surface area contributed by atoms with Crippen molar-refractivity contribution < 1.29 is 18.6 Å². The van der Waals surface area contributed by atoms with E-state index in [-0.39, 0.29) is 39.3 Å². The number of nitrogens with one attached hydrogen (secondary N) is 1. The number of benzene rings is 2. The summed E-state index contributed by atoms with van der Waals surface area (Å²) in [5.74, 6) is 1.01. The zero-order valence-corrected chi connectivity index (χ0v) is 25.3. The fourth-order valence-corrected chi connectivity index (χ4v) is 8.70. The van der Waals surface area contributed by atoms with Gasteiger partial charge in [0.2, 0.25) is 0 Å². The first-order chi connectivity index (χ1) is 21.9. The Morgan fingerprint density at radius 2 is 1.76 bits per heavy atom. The van der Waals surface area contributed by atoms with Crippen molar-refractivity contribution in [3.8, 4) is 23.0 Å². The highest BCUT2D eigenvalue weighted by molar-refractivity contribution is 6.00. The number of phenolic OH excluding ortho intramolecular Hbond substituents is 1. The summed E-state index contributed by atoms with van der Waals surface area (Å²) in [6.45, 7) is 5.42. The quantitative estimate of drug-likeness (QED) is 0.277. The minimum Gasteiger partial charge on any atom is -0.508 e. The molecule has 2 aromatic carbocycles. The van der Waals surface area contributed by atoms with E-state index >= 15 is 8.78 Å². The fraction of sp³-hybridized carbons (Fsp3) is 0.514. The Hall–Kier alpha value is -3.63. The molecule has 5 heterocycles. The molecule has 8 nitrogen and oxygen atoms in total. The summed E-state index contributed by atoms with van der Waals surface area (Å²) >= 11 is 0. The highest BCUT2D eigenvalue weighted by Crippen LogP contribution is 2.48. The highest BCUT2D eigenvalue weighted by atomic mass is 19.1. The van der Waals surface area contributed by atoms with Crippen molar-refractivity contribution in [3.63, 3.8) is 0 Å². The van der Waals surface area contributed by atoms with Crippen molar-refractivity contribution in [2.75, 3.05) is 44.2 Å². The number of nitrogens with zero attached hydrogens (tertiary/aromatic N) is 5. The summed E-state index contributed by atoms with van der Waals surface area (Å²) in [6, 6.07) is 8.28. The molecule has 2 N–H and O–H groups in total. The molecule has 234 valence electrons. The monoisotopic (exact) mass is 612 g/mol. The second-order valence-electron chi connectivity index (χ2n) is 14.4. The van der Waals surface area contributed by atoms with E-state index in [4.69, 9.17) is 9.72 Å². The Labute approximate surface area is 260 Å². The van der Waals surface area contributed by atoms with E-state index in [2.05, 4.69) is 25.1 Å². The first kappa shape index (κ1) is 27.7. The molecule has 9 rings (SSSR count). The van der Waals surface area contributed by atoms with Crippen LogP contribution < -0.4 is 15.0 Å². The number of rotatable bonds is 7. The Balaban J connectivity index is 1.09. The maximum atomic E-state index is 16.7. The lowest BCUT2D eigenvalue weighted by molar-refractivity contribution is 0.110. The second kappa shape index (κ2) is 10.5. The number of ether oxygens (including phenoxy) is 1. The van der Waals surface area contributed by atoms with Crippen LogP contribution in [0.5, 0.6) is 11.8 Å². The minimum atomic E-state index is -0.681. The average molecular weight is 613 g/mol. The van der Waals surface area contributed by atoms with Crippen LogP contribution in [-0.2, 0) is 0 Å². The lowest BCUT2D eigenvalue weighted by Gasteiger charge is -2.35. The van der Waals surface area contributed by atoms with Gasteiger partial charge in [-0.05, 0) is 80.4 Å². The normalized spacial score (nSPS) is 27.0. The molecular formula is C35H38F2N6O2. The average Bonchev–Trinajstić information content (AvgIpc) is 3.59. The maximum absolute atomic E-state index is 16.7. The van der Waals surface area contributed by atoms with Crippen LogP contribution >= 0.6 is 0 Å². The van der Waals surface area contributed by atoms with Gasteiger partial charge in [0.15, 0.2) is 5.82 Å². The molecule has 10 heteroatoms. The second-order valence-corrected chi connectivity index (χ2v) is 14.4. The zero-order valence-electron chi connectivity index (χ0n) is 25.3. The number of fused-ring (bicyclic) bond motifs is 6. The van der Waals surface area contributed by atoms with Gasteiger partial charge in [0.05, 0.1) is 12.0 Å². The van der Waals surface area contributed by atoms with E-state index in [0.29, 0.717) is 35.3 Å². The van der Waals surface area contributed by atoms with Crippen molar-refractivity contribution in [1.82, 2.24) is 25.2 Å². The van der Waals surface area contributed by atoms with Crippen LogP contribution in [0, 0.1) is 28.9 Å². The number of piperazine rings is 1. The van der Waals surface area contributed by atoms with E-state index in [0.717, 1.165) is 57.2 Å². The Morgan fingerprint density at radius 3 is 2.51 bits per heavy atom. The number of aromatic nitrogens is 3. The van der Waals surface area contributed by atoms with Gasteiger partial charge < -0.3 is 25.0 Å². The largest absolute Gasteiger partial charge is 0.508 e. The molecule has 4 atom stereocenters. The third-order valence-corrected chi connectivity index (χ3v) is 11.0.